The van der Waals surface area contributed by atoms with Crippen LogP contribution in [-0.4, -0.2) is 44.0 Å². The minimum atomic E-state index is -0.853. The number of rotatable bonds is 1. The van der Waals surface area contributed by atoms with E-state index in [0.29, 0.717) is 18.8 Å². The Labute approximate surface area is 128 Å². The van der Waals surface area contributed by atoms with Gasteiger partial charge in [0.05, 0.1) is 35.0 Å². The number of piperidine rings is 1. The number of fused-ring (bicyclic) bond motifs is 1. The number of halogens is 1. The number of anilines is 1. The average molecular weight is 387 g/mol. The Hall–Kier alpha value is -1.58. The van der Waals surface area contributed by atoms with E-state index in [1.165, 1.54) is 4.90 Å². The van der Waals surface area contributed by atoms with E-state index in [0.717, 1.165) is 27.4 Å². The molecule has 0 radical (unpaired) electrons. The van der Waals surface area contributed by atoms with Crippen LogP contribution in [0.2, 0.25) is 0 Å². The van der Waals surface area contributed by atoms with Crippen LogP contribution in [0.1, 0.15) is 18.9 Å². The van der Waals surface area contributed by atoms with Crippen LogP contribution in [0, 0.1) is 3.70 Å². The predicted molar refractivity (Wildman–Crippen MR) is 82.5 cm³/mol. The number of pyridine rings is 1. The number of hydrogen-bond acceptors (Lipinski definition) is 4. The van der Waals surface area contributed by atoms with Gasteiger partial charge in [-0.25, -0.2) is 4.79 Å². The summed E-state index contributed by atoms with van der Waals surface area (Å²) in [7, 11) is 0. The number of aromatic nitrogens is 3. The lowest BCUT2D eigenvalue weighted by molar-refractivity contribution is 0.124. The molecule has 1 amide bonds. The molecule has 2 aromatic rings. The molecule has 0 unspecified atom stereocenters. The molecule has 1 saturated heterocycles. The lowest BCUT2D eigenvalue weighted by Crippen LogP contribution is -2.38. The van der Waals surface area contributed by atoms with Crippen LogP contribution in [0.15, 0.2) is 12.4 Å². The Kier molecular flexibility index (Phi) is 3.40. The summed E-state index contributed by atoms with van der Waals surface area (Å²) in [5.74, 6) is 0. The summed E-state index contributed by atoms with van der Waals surface area (Å²) in [6.07, 6.45) is 4.06. The highest BCUT2D eigenvalue weighted by atomic mass is 127. The standard InChI is InChI=1S/C12H14IN5O2/c13-11-10-8(14)5-15-6-9(10)18(16-11)7-1-3-17(4-2-7)12(19)20/h5-7H,1-4,14H2,(H,19,20). The fourth-order valence-electron chi connectivity index (χ4n) is 2.64. The second kappa shape index (κ2) is 5.08. The Morgan fingerprint density at radius 1 is 1.40 bits per heavy atom. The first-order valence-electron chi connectivity index (χ1n) is 6.33. The molecule has 1 aliphatic heterocycles. The maximum absolute atomic E-state index is 10.9. The van der Waals surface area contributed by atoms with Gasteiger partial charge in [0, 0.05) is 13.1 Å². The van der Waals surface area contributed by atoms with Crippen LogP contribution in [0.5, 0.6) is 0 Å². The molecule has 0 aliphatic carbocycles. The molecule has 3 heterocycles. The average Bonchev–Trinajstić information content (AvgIpc) is 2.77. The normalized spacial score (nSPS) is 16.8. The molecule has 7 nitrogen and oxygen atoms in total. The van der Waals surface area contributed by atoms with Crippen molar-refractivity contribution < 1.29 is 9.90 Å². The lowest BCUT2D eigenvalue weighted by atomic mass is 10.1. The molecule has 0 bridgehead atoms. The van der Waals surface area contributed by atoms with Gasteiger partial charge >= 0.3 is 6.09 Å². The van der Waals surface area contributed by atoms with E-state index in [1.807, 2.05) is 4.68 Å². The molecule has 1 aliphatic rings. The first-order chi connectivity index (χ1) is 9.58. The van der Waals surface area contributed by atoms with Crippen LogP contribution < -0.4 is 5.73 Å². The first-order valence-corrected chi connectivity index (χ1v) is 7.41. The molecule has 0 aromatic carbocycles. The van der Waals surface area contributed by atoms with Gasteiger partial charge in [-0.2, -0.15) is 5.10 Å². The molecule has 0 spiro atoms. The van der Waals surface area contributed by atoms with Crippen molar-refractivity contribution in [2.45, 2.75) is 18.9 Å². The number of nitrogens with two attached hydrogens (primary N) is 1. The van der Waals surface area contributed by atoms with Crippen molar-refractivity contribution in [2.24, 2.45) is 0 Å². The molecule has 106 valence electrons. The van der Waals surface area contributed by atoms with E-state index < -0.39 is 6.09 Å². The van der Waals surface area contributed by atoms with Crippen molar-refractivity contribution in [1.29, 1.82) is 0 Å². The Balaban J connectivity index is 1.92. The quantitative estimate of drug-likeness (QED) is 0.729. The third-order valence-corrected chi connectivity index (χ3v) is 4.44. The first kappa shape index (κ1) is 13.4. The molecule has 0 saturated carbocycles. The molecular formula is C12H14IN5O2. The highest BCUT2D eigenvalue weighted by Crippen LogP contribution is 2.30. The van der Waals surface area contributed by atoms with Gasteiger partial charge in [-0.15, -0.1) is 0 Å². The summed E-state index contributed by atoms with van der Waals surface area (Å²) in [4.78, 5) is 16.5. The zero-order chi connectivity index (χ0) is 14.3. The summed E-state index contributed by atoms with van der Waals surface area (Å²) >= 11 is 2.17. The number of nitrogens with zero attached hydrogens (tertiary/aromatic N) is 4. The zero-order valence-electron chi connectivity index (χ0n) is 10.7. The molecule has 2 aromatic heterocycles. The van der Waals surface area contributed by atoms with Crippen molar-refractivity contribution in [3.05, 3.63) is 16.1 Å². The Morgan fingerprint density at radius 3 is 2.75 bits per heavy atom. The number of carbonyl (C=O) groups is 1. The SMILES string of the molecule is Nc1cncc2c1c(I)nn2C1CCN(C(=O)O)CC1. The molecule has 1 fully saturated rings. The predicted octanol–water partition coefficient (Wildman–Crippen LogP) is 1.93. The largest absolute Gasteiger partial charge is 0.465 e. The van der Waals surface area contributed by atoms with Crippen LogP contribution >= 0.6 is 22.6 Å². The van der Waals surface area contributed by atoms with Gasteiger partial charge in [0.1, 0.15) is 3.70 Å². The van der Waals surface area contributed by atoms with Crippen LogP contribution in [0.3, 0.4) is 0 Å². The molecule has 8 heteroatoms. The summed E-state index contributed by atoms with van der Waals surface area (Å²) in [6, 6.07) is 0.195. The number of hydrogen-bond donors (Lipinski definition) is 2. The van der Waals surface area contributed by atoms with Crippen LogP contribution in [0.25, 0.3) is 10.9 Å². The van der Waals surface area contributed by atoms with Crippen molar-refractivity contribution in [3.8, 4) is 0 Å². The Morgan fingerprint density at radius 2 is 2.10 bits per heavy atom. The van der Waals surface area contributed by atoms with Gasteiger partial charge in [-0.3, -0.25) is 9.67 Å². The van der Waals surface area contributed by atoms with E-state index in [4.69, 9.17) is 10.8 Å². The van der Waals surface area contributed by atoms with E-state index in [1.54, 1.807) is 12.4 Å². The van der Waals surface area contributed by atoms with Gasteiger partial charge < -0.3 is 15.7 Å². The van der Waals surface area contributed by atoms with E-state index in [9.17, 15) is 4.79 Å². The number of amides is 1. The van der Waals surface area contributed by atoms with Gasteiger partial charge in [0.25, 0.3) is 0 Å². The molecule has 0 atom stereocenters. The molecular weight excluding hydrogens is 373 g/mol. The monoisotopic (exact) mass is 387 g/mol. The number of nitrogen functional groups attached to an aromatic ring is 1. The number of carboxylic acid groups (broad SMARTS) is 1. The number of likely N-dealkylation sites (tertiary alicyclic amines) is 1. The zero-order valence-corrected chi connectivity index (χ0v) is 12.8. The van der Waals surface area contributed by atoms with Crippen LogP contribution in [0.4, 0.5) is 10.5 Å². The third-order valence-electron chi connectivity index (χ3n) is 3.68. The van der Waals surface area contributed by atoms with E-state index in [2.05, 4.69) is 32.7 Å². The highest BCUT2D eigenvalue weighted by Gasteiger charge is 2.26. The second-order valence-corrected chi connectivity index (χ2v) is 5.88. The maximum Gasteiger partial charge on any atom is 0.407 e. The third kappa shape index (κ3) is 2.17. The summed E-state index contributed by atoms with van der Waals surface area (Å²) < 4.78 is 2.80. The minimum absolute atomic E-state index is 0.195. The van der Waals surface area contributed by atoms with Crippen molar-refractivity contribution >= 4 is 45.3 Å². The fraction of sp³-hybridized carbons (Fsp3) is 0.417. The van der Waals surface area contributed by atoms with Gasteiger partial charge in [0.2, 0.25) is 0 Å². The van der Waals surface area contributed by atoms with E-state index in [-0.39, 0.29) is 6.04 Å². The molecule has 3 N–H and O–H groups in total. The summed E-state index contributed by atoms with van der Waals surface area (Å²) in [5.41, 5.74) is 7.50. The molecule has 3 rings (SSSR count). The maximum atomic E-state index is 10.9. The smallest absolute Gasteiger partial charge is 0.407 e. The summed E-state index contributed by atoms with van der Waals surface area (Å²) in [5, 5.41) is 14.5. The lowest BCUT2D eigenvalue weighted by Gasteiger charge is -2.30. The van der Waals surface area contributed by atoms with Crippen molar-refractivity contribution in [2.75, 3.05) is 18.8 Å². The summed E-state index contributed by atoms with van der Waals surface area (Å²) in [6.45, 7) is 1.07. The highest BCUT2D eigenvalue weighted by molar-refractivity contribution is 14.1. The molecule has 20 heavy (non-hydrogen) atoms. The second-order valence-electron chi connectivity index (χ2n) is 4.86. The minimum Gasteiger partial charge on any atom is -0.465 e. The Bertz CT molecular complexity index is 663. The van der Waals surface area contributed by atoms with E-state index >= 15 is 0 Å². The van der Waals surface area contributed by atoms with Crippen LogP contribution in [-0.2, 0) is 0 Å². The van der Waals surface area contributed by atoms with Gasteiger partial charge in [-0.1, -0.05) is 0 Å². The van der Waals surface area contributed by atoms with Crippen molar-refractivity contribution in [3.63, 3.8) is 0 Å². The van der Waals surface area contributed by atoms with Gasteiger partial charge in [-0.05, 0) is 35.4 Å². The fourth-order valence-corrected chi connectivity index (χ4v) is 3.46. The van der Waals surface area contributed by atoms with Gasteiger partial charge in [0.15, 0.2) is 0 Å². The van der Waals surface area contributed by atoms with Crippen molar-refractivity contribution in [1.82, 2.24) is 19.7 Å². The topological polar surface area (TPSA) is 97.3 Å².